The van der Waals surface area contributed by atoms with Crippen molar-refractivity contribution in [1.29, 1.82) is 0 Å². The molecule has 90 valence electrons. The fourth-order valence-electron chi connectivity index (χ4n) is 3.17. The van der Waals surface area contributed by atoms with Crippen LogP contribution in [0.25, 0.3) is 0 Å². The molecule has 0 N–H and O–H groups in total. The van der Waals surface area contributed by atoms with E-state index in [4.69, 9.17) is 0 Å². The fraction of sp³-hybridized carbons (Fsp3) is 0.857. The molecule has 2 aliphatic rings. The molecule has 0 aromatic rings. The number of nitrogens with zero attached hydrogens (tertiary/aromatic N) is 2. The minimum atomic E-state index is 0.559. The van der Waals surface area contributed by atoms with Crippen molar-refractivity contribution >= 4 is 11.4 Å². The average molecular weight is 220 g/mol. The molecule has 0 spiro atoms. The predicted octanol–water partition coefficient (Wildman–Crippen LogP) is 4.06. The molecule has 1 saturated carbocycles. The first kappa shape index (κ1) is 11.8. The third-order valence-electron chi connectivity index (χ3n) is 4.10. The van der Waals surface area contributed by atoms with Gasteiger partial charge in [-0.15, -0.1) is 0 Å². The van der Waals surface area contributed by atoms with Crippen LogP contribution in [0.2, 0.25) is 0 Å². The lowest BCUT2D eigenvalue weighted by Gasteiger charge is -2.33. The highest BCUT2D eigenvalue weighted by Crippen LogP contribution is 2.34. The molecule has 2 atom stereocenters. The van der Waals surface area contributed by atoms with Crippen LogP contribution in [0.3, 0.4) is 0 Å². The largest absolute Gasteiger partial charge is 0.160 e. The Labute approximate surface area is 99.2 Å². The predicted molar refractivity (Wildman–Crippen MR) is 70.1 cm³/mol. The van der Waals surface area contributed by atoms with Crippen molar-refractivity contribution in [1.82, 2.24) is 0 Å². The van der Waals surface area contributed by atoms with E-state index in [1.807, 2.05) is 0 Å². The first-order chi connectivity index (χ1) is 7.70. The van der Waals surface area contributed by atoms with Gasteiger partial charge in [-0.3, -0.25) is 0 Å². The van der Waals surface area contributed by atoms with Gasteiger partial charge < -0.3 is 0 Å². The van der Waals surface area contributed by atoms with E-state index in [1.54, 1.807) is 0 Å². The highest BCUT2D eigenvalue weighted by Gasteiger charge is 2.32. The molecule has 1 heterocycles. The van der Waals surface area contributed by atoms with Crippen LogP contribution in [0, 0.1) is 17.8 Å². The van der Waals surface area contributed by atoms with Gasteiger partial charge in [0.15, 0.2) is 0 Å². The van der Waals surface area contributed by atoms with Crippen LogP contribution in [-0.2, 0) is 0 Å². The molecule has 16 heavy (non-hydrogen) atoms. The summed E-state index contributed by atoms with van der Waals surface area (Å²) in [5, 5.41) is 8.87. The average Bonchev–Trinajstić information content (AvgIpc) is 2.19. The van der Waals surface area contributed by atoms with Crippen LogP contribution in [0.1, 0.15) is 59.3 Å². The minimum Gasteiger partial charge on any atom is -0.160 e. The summed E-state index contributed by atoms with van der Waals surface area (Å²) in [7, 11) is 0. The molecule has 1 aliphatic heterocycles. The molecular weight excluding hydrogens is 196 g/mol. The monoisotopic (exact) mass is 220 g/mol. The third kappa shape index (κ3) is 2.36. The van der Waals surface area contributed by atoms with E-state index in [-0.39, 0.29) is 0 Å². The first-order valence-corrected chi connectivity index (χ1v) is 6.82. The summed E-state index contributed by atoms with van der Waals surface area (Å²) in [6.07, 6.45) is 8.22. The second-order valence-electron chi connectivity index (χ2n) is 5.63. The molecule has 0 aromatic heterocycles. The van der Waals surface area contributed by atoms with E-state index in [2.05, 4.69) is 31.0 Å². The maximum Gasteiger partial charge on any atom is 0.0468 e. The molecule has 1 fully saturated rings. The smallest absolute Gasteiger partial charge is 0.0468 e. The Morgan fingerprint density at radius 1 is 0.938 bits per heavy atom. The van der Waals surface area contributed by atoms with Gasteiger partial charge in [-0.2, -0.15) is 10.2 Å². The molecule has 0 bridgehead atoms. The van der Waals surface area contributed by atoms with E-state index in [0.29, 0.717) is 17.8 Å². The van der Waals surface area contributed by atoms with Gasteiger partial charge in [0, 0.05) is 23.3 Å². The van der Waals surface area contributed by atoms with E-state index < -0.39 is 0 Å². The quantitative estimate of drug-likeness (QED) is 0.636. The normalized spacial score (nSPS) is 31.2. The van der Waals surface area contributed by atoms with E-state index in [1.165, 1.54) is 49.9 Å². The summed E-state index contributed by atoms with van der Waals surface area (Å²) in [6, 6.07) is 0. The van der Waals surface area contributed by atoms with Crippen molar-refractivity contribution < 1.29 is 0 Å². The number of hydrogen-bond donors (Lipinski definition) is 0. The van der Waals surface area contributed by atoms with E-state index in [0.717, 1.165) is 0 Å². The molecular formula is C14H24N2. The summed E-state index contributed by atoms with van der Waals surface area (Å²) in [5.74, 6) is 1.94. The lowest BCUT2D eigenvalue weighted by molar-refractivity contribution is 0.382. The maximum atomic E-state index is 4.47. The molecule has 2 heteroatoms. The van der Waals surface area contributed by atoms with Crippen molar-refractivity contribution in [3.05, 3.63) is 0 Å². The van der Waals surface area contributed by atoms with Gasteiger partial charge >= 0.3 is 0 Å². The summed E-state index contributed by atoms with van der Waals surface area (Å²) < 4.78 is 0. The van der Waals surface area contributed by atoms with Crippen molar-refractivity contribution in [3.63, 3.8) is 0 Å². The Kier molecular flexibility index (Phi) is 3.78. The molecule has 1 aliphatic carbocycles. The number of rotatable bonds is 1. The first-order valence-electron chi connectivity index (χ1n) is 6.82. The van der Waals surface area contributed by atoms with Gasteiger partial charge in [0.2, 0.25) is 0 Å². The van der Waals surface area contributed by atoms with Crippen molar-refractivity contribution in [3.8, 4) is 0 Å². The van der Waals surface area contributed by atoms with E-state index in [9.17, 15) is 0 Å². The summed E-state index contributed by atoms with van der Waals surface area (Å²) >= 11 is 0. The molecule has 2 nitrogen and oxygen atoms in total. The molecule has 2 rings (SSSR count). The Morgan fingerprint density at radius 2 is 1.56 bits per heavy atom. The second kappa shape index (κ2) is 5.11. The standard InChI is InChI=1S/C14H24N2/c1-10(2)14-13-9-7-5-4-6-8-12(13)11(3)15-16-14/h10,12-13H,4-9H2,1-3H3. The van der Waals surface area contributed by atoms with Crippen LogP contribution in [0.15, 0.2) is 10.2 Å². The topological polar surface area (TPSA) is 24.7 Å². The Morgan fingerprint density at radius 3 is 2.19 bits per heavy atom. The zero-order valence-electron chi connectivity index (χ0n) is 10.9. The lowest BCUT2D eigenvalue weighted by atomic mass is 9.74. The SMILES string of the molecule is CC1=NN=C(C(C)C)C2CCCCCCC12. The van der Waals surface area contributed by atoms with Crippen LogP contribution < -0.4 is 0 Å². The van der Waals surface area contributed by atoms with Gasteiger partial charge in [0.1, 0.15) is 0 Å². The number of hydrogen-bond acceptors (Lipinski definition) is 2. The fourth-order valence-corrected chi connectivity index (χ4v) is 3.17. The highest BCUT2D eigenvalue weighted by atomic mass is 15.2. The molecule has 0 amide bonds. The lowest BCUT2D eigenvalue weighted by Crippen LogP contribution is -2.35. The van der Waals surface area contributed by atoms with Gasteiger partial charge in [0.25, 0.3) is 0 Å². The Balaban J connectivity index is 2.21. The zero-order chi connectivity index (χ0) is 11.5. The Hall–Kier alpha value is -0.660. The van der Waals surface area contributed by atoms with Crippen molar-refractivity contribution in [2.24, 2.45) is 28.0 Å². The van der Waals surface area contributed by atoms with Crippen LogP contribution >= 0.6 is 0 Å². The molecule has 0 aromatic carbocycles. The summed E-state index contributed by atoms with van der Waals surface area (Å²) in [5.41, 5.74) is 2.63. The zero-order valence-corrected chi connectivity index (χ0v) is 10.9. The second-order valence-corrected chi connectivity index (χ2v) is 5.63. The van der Waals surface area contributed by atoms with Crippen LogP contribution in [0.4, 0.5) is 0 Å². The maximum absolute atomic E-state index is 4.47. The number of fused-ring (bicyclic) bond motifs is 1. The van der Waals surface area contributed by atoms with Gasteiger partial charge in [-0.05, 0) is 25.7 Å². The molecule has 0 saturated heterocycles. The van der Waals surface area contributed by atoms with Crippen molar-refractivity contribution in [2.45, 2.75) is 59.3 Å². The molecule has 0 radical (unpaired) electrons. The van der Waals surface area contributed by atoms with Gasteiger partial charge in [-0.25, -0.2) is 0 Å². The van der Waals surface area contributed by atoms with Crippen LogP contribution in [0.5, 0.6) is 0 Å². The highest BCUT2D eigenvalue weighted by molar-refractivity contribution is 5.97. The molecule has 2 unspecified atom stereocenters. The summed E-state index contributed by atoms with van der Waals surface area (Å²) in [4.78, 5) is 0. The third-order valence-corrected chi connectivity index (χ3v) is 4.10. The minimum absolute atomic E-state index is 0.559. The van der Waals surface area contributed by atoms with E-state index >= 15 is 0 Å². The van der Waals surface area contributed by atoms with Gasteiger partial charge in [0.05, 0.1) is 0 Å². The van der Waals surface area contributed by atoms with Gasteiger partial charge in [-0.1, -0.05) is 39.5 Å². The van der Waals surface area contributed by atoms with Crippen LogP contribution in [-0.4, -0.2) is 11.4 Å². The van der Waals surface area contributed by atoms with Crippen molar-refractivity contribution in [2.75, 3.05) is 0 Å². The summed E-state index contributed by atoms with van der Waals surface area (Å²) in [6.45, 7) is 6.68. The Bertz CT molecular complexity index is 302.